The topological polar surface area (TPSA) is 85.5 Å². The minimum Gasteiger partial charge on any atom is -0.370 e. The highest BCUT2D eigenvalue weighted by molar-refractivity contribution is 5.58. The third-order valence-electron chi connectivity index (χ3n) is 4.61. The molecule has 0 aromatic carbocycles. The van der Waals surface area contributed by atoms with Crippen molar-refractivity contribution < 1.29 is 13.2 Å². The van der Waals surface area contributed by atoms with Gasteiger partial charge in [0.25, 0.3) is 0 Å². The smallest absolute Gasteiger partial charge is 0.370 e. The average molecular weight is 392 g/mol. The lowest BCUT2D eigenvalue weighted by Crippen LogP contribution is -2.14. The molecular weight excluding hydrogens is 373 g/mol. The zero-order valence-corrected chi connectivity index (χ0v) is 15.3. The molecule has 148 valence electrons. The van der Waals surface area contributed by atoms with E-state index in [9.17, 15) is 13.2 Å². The molecule has 0 fully saturated rings. The summed E-state index contributed by atoms with van der Waals surface area (Å²) in [6.45, 7) is 4.70. The third-order valence-corrected chi connectivity index (χ3v) is 4.61. The van der Waals surface area contributed by atoms with Gasteiger partial charge in [-0.25, -0.2) is 9.97 Å². The highest BCUT2D eigenvalue weighted by atomic mass is 19.4. The van der Waals surface area contributed by atoms with E-state index in [2.05, 4.69) is 35.3 Å². The van der Waals surface area contributed by atoms with Crippen LogP contribution in [0.15, 0.2) is 24.8 Å². The summed E-state index contributed by atoms with van der Waals surface area (Å²) < 4.78 is 43.2. The van der Waals surface area contributed by atoms with Crippen LogP contribution in [0.4, 0.5) is 30.6 Å². The zero-order chi connectivity index (χ0) is 19.9. The van der Waals surface area contributed by atoms with Crippen molar-refractivity contribution in [1.29, 1.82) is 0 Å². The molecule has 1 unspecified atom stereocenters. The predicted octanol–water partition coefficient (Wildman–Crippen LogP) is 3.37. The molecular formula is C17H19F3N8. The van der Waals surface area contributed by atoms with Crippen LogP contribution in [0.5, 0.6) is 0 Å². The van der Waals surface area contributed by atoms with Crippen LogP contribution >= 0.6 is 0 Å². The summed E-state index contributed by atoms with van der Waals surface area (Å²) in [4.78, 5) is 12.2. The van der Waals surface area contributed by atoms with Gasteiger partial charge in [-0.3, -0.25) is 4.68 Å². The number of alkyl halides is 3. The van der Waals surface area contributed by atoms with E-state index in [1.165, 1.54) is 0 Å². The Morgan fingerprint density at radius 3 is 2.86 bits per heavy atom. The summed E-state index contributed by atoms with van der Waals surface area (Å²) in [5.41, 5.74) is 0.427. The molecule has 4 heterocycles. The maximum atomic E-state index is 13.1. The summed E-state index contributed by atoms with van der Waals surface area (Å²) >= 11 is 0. The second-order valence-corrected chi connectivity index (χ2v) is 6.50. The molecule has 0 bridgehead atoms. The van der Waals surface area contributed by atoms with Gasteiger partial charge in [0.1, 0.15) is 23.2 Å². The molecule has 3 aromatic heterocycles. The lowest BCUT2D eigenvalue weighted by atomic mass is 10.2. The largest absolute Gasteiger partial charge is 0.421 e. The van der Waals surface area contributed by atoms with Gasteiger partial charge >= 0.3 is 6.18 Å². The van der Waals surface area contributed by atoms with Gasteiger partial charge in [-0.2, -0.15) is 23.3 Å². The average Bonchev–Trinajstić information content (AvgIpc) is 3.31. The van der Waals surface area contributed by atoms with Crippen molar-refractivity contribution in [3.63, 3.8) is 0 Å². The van der Waals surface area contributed by atoms with Crippen molar-refractivity contribution in [2.45, 2.75) is 39.0 Å². The number of hydrogen-bond donors (Lipinski definition) is 2. The molecule has 3 aromatic rings. The highest BCUT2D eigenvalue weighted by Gasteiger charge is 2.35. The molecule has 4 rings (SSSR count). The quantitative estimate of drug-likeness (QED) is 0.693. The molecule has 0 radical (unpaired) electrons. The maximum Gasteiger partial charge on any atom is 0.421 e. The molecule has 1 aliphatic heterocycles. The second-order valence-electron chi connectivity index (χ2n) is 6.50. The van der Waals surface area contributed by atoms with Crippen molar-refractivity contribution >= 4 is 17.5 Å². The summed E-state index contributed by atoms with van der Waals surface area (Å²) in [5, 5.41) is 10.1. The van der Waals surface area contributed by atoms with Crippen LogP contribution in [-0.2, 0) is 12.7 Å². The van der Waals surface area contributed by atoms with Gasteiger partial charge in [0.2, 0.25) is 5.95 Å². The standard InChI is InChI=1S/C17H19F3N8/c1-3-21-14-11(17(18,19)20)8-23-16(25-14)24-12-9-28(26-10(12)2)13-4-6-27-7-5-22-15(13)27/h5,7-9,13H,3-4,6H2,1-2H3,(H2,21,23,24,25). The van der Waals surface area contributed by atoms with Crippen molar-refractivity contribution in [2.75, 3.05) is 17.2 Å². The van der Waals surface area contributed by atoms with Gasteiger partial charge in [0, 0.05) is 37.9 Å². The Kier molecular flexibility index (Phi) is 4.44. The molecule has 1 aliphatic rings. The van der Waals surface area contributed by atoms with Crippen molar-refractivity contribution in [3.8, 4) is 0 Å². The molecule has 11 heteroatoms. The predicted molar refractivity (Wildman–Crippen MR) is 96.4 cm³/mol. The molecule has 1 atom stereocenters. The number of hydrogen-bond acceptors (Lipinski definition) is 6. The SMILES string of the molecule is CCNc1nc(Nc2cn(C3CCn4ccnc43)nc2C)ncc1C(F)(F)F. The van der Waals surface area contributed by atoms with E-state index in [1.807, 2.05) is 17.8 Å². The maximum absolute atomic E-state index is 13.1. The Hall–Kier alpha value is -3.11. The summed E-state index contributed by atoms with van der Waals surface area (Å²) in [6, 6.07) is 0.0232. The zero-order valence-electron chi connectivity index (χ0n) is 15.3. The molecule has 28 heavy (non-hydrogen) atoms. The van der Waals surface area contributed by atoms with E-state index in [-0.39, 0.29) is 17.8 Å². The van der Waals surface area contributed by atoms with Crippen molar-refractivity contribution in [3.05, 3.63) is 41.9 Å². The number of nitrogens with one attached hydrogen (secondary N) is 2. The molecule has 0 amide bonds. The van der Waals surface area contributed by atoms with Gasteiger partial charge in [-0.1, -0.05) is 0 Å². The first-order chi connectivity index (χ1) is 13.4. The fourth-order valence-electron chi connectivity index (χ4n) is 3.28. The Morgan fingerprint density at radius 2 is 2.11 bits per heavy atom. The van der Waals surface area contributed by atoms with Crippen molar-refractivity contribution in [1.82, 2.24) is 29.3 Å². The van der Waals surface area contributed by atoms with Crippen LogP contribution in [0.3, 0.4) is 0 Å². The van der Waals surface area contributed by atoms with Crippen LogP contribution < -0.4 is 10.6 Å². The van der Waals surface area contributed by atoms with E-state index in [0.717, 1.165) is 25.0 Å². The first-order valence-corrected chi connectivity index (χ1v) is 8.88. The third kappa shape index (κ3) is 3.27. The van der Waals surface area contributed by atoms with Crippen molar-refractivity contribution in [2.24, 2.45) is 0 Å². The van der Waals surface area contributed by atoms with Crippen LogP contribution in [-0.4, -0.2) is 35.8 Å². The molecule has 0 saturated heterocycles. The number of nitrogens with zero attached hydrogens (tertiary/aromatic N) is 6. The molecule has 0 aliphatic carbocycles. The van der Waals surface area contributed by atoms with E-state index in [1.54, 1.807) is 19.3 Å². The van der Waals surface area contributed by atoms with Gasteiger partial charge in [-0.05, 0) is 20.3 Å². The number of fused-ring (bicyclic) bond motifs is 1. The molecule has 0 spiro atoms. The lowest BCUT2D eigenvalue weighted by molar-refractivity contribution is -0.137. The normalized spacial score (nSPS) is 16.2. The van der Waals surface area contributed by atoms with Gasteiger partial charge < -0.3 is 15.2 Å². The number of halogens is 3. The van der Waals surface area contributed by atoms with Gasteiger partial charge in [0.15, 0.2) is 0 Å². The van der Waals surface area contributed by atoms with Crippen LogP contribution in [0.2, 0.25) is 0 Å². The summed E-state index contributed by atoms with van der Waals surface area (Å²) in [5.74, 6) is 0.754. The number of aromatic nitrogens is 6. The highest BCUT2D eigenvalue weighted by Crippen LogP contribution is 2.34. The van der Waals surface area contributed by atoms with Crippen LogP contribution in [0.25, 0.3) is 0 Å². The van der Waals surface area contributed by atoms with Gasteiger partial charge in [0.05, 0.1) is 11.4 Å². The van der Waals surface area contributed by atoms with E-state index >= 15 is 0 Å². The Labute approximate surface area is 158 Å². The Morgan fingerprint density at radius 1 is 1.29 bits per heavy atom. The molecule has 0 saturated carbocycles. The molecule has 8 nitrogen and oxygen atoms in total. The van der Waals surface area contributed by atoms with E-state index < -0.39 is 11.7 Å². The van der Waals surface area contributed by atoms with E-state index in [4.69, 9.17) is 0 Å². The van der Waals surface area contributed by atoms with E-state index in [0.29, 0.717) is 17.9 Å². The number of rotatable bonds is 5. The fourth-order valence-corrected chi connectivity index (χ4v) is 3.28. The summed E-state index contributed by atoms with van der Waals surface area (Å²) in [7, 11) is 0. The molecule has 2 N–H and O–H groups in total. The Bertz CT molecular complexity index is 991. The van der Waals surface area contributed by atoms with Gasteiger partial charge in [-0.15, -0.1) is 0 Å². The number of aryl methyl sites for hydroxylation is 2. The Balaban J connectivity index is 1.60. The number of anilines is 3. The first kappa shape index (κ1) is 18.3. The van der Waals surface area contributed by atoms with Crippen LogP contribution in [0, 0.1) is 6.92 Å². The fraction of sp³-hybridized carbons (Fsp3) is 0.412. The lowest BCUT2D eigenvalue weighted by Gasteiger charge is -2.13. The number of imidazole rings is 1. The minimum absolute atomic E-state index is 0.0232. The summed E-state index contributed by atoms with van der Waals surface area (Å²) in [6.07, 6.45) is 2.63. The first-order valence-electron chi connectivity index (χ1n) is 8.88. The monoisotopic (exact) mass is 392 g/mol. The minimum atomic E-state index is -4.53. The van der Waals surface area contributed by atoms with Crippen LogP contribution in [0.1, 0.15) is 36.5 Å². The second kappa shape index (κ2) is 6.80.